The Bertz CT molecular complexity index is 870. The summed E-state index contributed by atoms with van der Waals surface area (Å²) in [6.07, 6.45) is 0. The number of ketones is 1. The van der Waals surface area contributed by atoms with E-state index in [0.717, 1.165) is 5.56 Å². The summed E-state index contributed by atoms with van der Waals surface area (Å²) in [4.78, 5) is 11.8. The third-order valence-corrected chi connectivity index (χ3v) is 5.05. The highest BCUT2D eigenvalue weighted by atomic mass is 32.2. The average Bonchev–Trinajstić information content (AvgIpc) is 2.52. The quantitative estimate of drug-likeness (QED) is 0.789. The minimum Gasteiger partial charge on any atom is -0.508 e. The van der Waals surface area contributed by atoms with Crippen molar-refractivity contribution in [3.05, 3.63) is 71.8 Å². The molecule has 0 saturated heterocycles. The summed E-state index contributed by atoms with van der Waals surface area (Å²) in [6.45, 7) is 6.87. The maximum absolute atomic E-state index is 12.6. The highest BCUT2D eigenvalue weighted by Crippen LogP contribution is 2.26. The lowest BCUT2D eigenvalue weighted by Crippen LogP contribution is -2.31. The van der Waals surface area contributed by atoms with Crippen molar-refractivity contribution in [3.63, 3.8) is 0 Å². The molecule has 24 heavy (non-hydrogen) atoms. The Balaban J connectivity index is 2.43. The van der Waals surface area contributed by atoms with Crippen LogP contribution in [0.4, 0.5) is 0 Å². The van der Waals surface area contributed by atoms with Crippen LogP contribution in [-0.2, 0) is 14.8 Å². The Morgan fingerprint density at radius 1 is 1.17 bits per heavy atom. The molecule has 126 valence electrons. The van der Waals surface area contributed by atoms with E-state index in [4.69, 9.17) is 0 Å². The lowest BCUT2D eigenvalue weighted by molar-refractivity contribution is -0.113. The maximum atomic E-state index is 12.6. The SMILES string of the molecule is C=C(C(C)=O)C(NS(=O)(=O)c1ccc(C)cc1)c1cccc(O)c1. The number of nitrogens with one attached hydrogen (secondary N) is 1. The normalized spacial score (nSPS) is 12.6. The summed E-state index contributed by atoms with van der Waals surface area (Å²) in [6, 6.07) is 11.5. The predicted octanol–water partition coefficient (Wildman–Crippen LogP) is 2.87. The third kappa shape index (κ3) is 4.10. The first-order valence-electron chi connectivity index (χ1n) is 7.28. The largest absolute Gasteiger partial charge is 0.508 e. The standard InChI is InChI=1S/C18H19NO4S/c1-12-7-9-17(10-8-12)24(22,23)19-18(13(2)14(3)20)15-5-4-6-16(21)11-15/h4-11,18-19,21H,2H2,1,3H3. The first-order valence-corrected chi connectivity index (χ1v) is 8.76. The molecule has 2 rings (SSSR count). The van der Waals surface area contributed by atoms with E-state index < -0.39 is 16.1 Å². The van der Waals surface area contributed by atoms with Crippen LogP contribution in [0.3, 0.4) is 0 Å². The number of hydrogen-bond donors (Lipinski definition) is 2. The number of Topliss-reactive ketones (excluding diaryl/α,β-unsaturated/α-hetero) is 1. The van der Waals surface area contributed by atoms with Crippen molar-refractivity contribution in [2.45, 2.75) is 24.8 Å². The number of carbonyl (C=O) groups is 1. The Kier molecular flexibility index (Phi) is 5.21. The number of aryl methyl sites for hydroxylation is 1. The van der Waals surface area contributed by atoms with Gasteiger partial charge in [0.25, 0.3) is 0 Å². The lowest BCUT2D eigenvalue weighted by Gasteiger charge is -2.20. The summed E-state index contributed by atoms with van der Waals surface area (Å²) in [5.41, 5.74) is 1.47. The molecule has 0 aliphatic heterocycles. The Labute approximate surface area is 141 Å². The fraction of sp³-hybridized carbons (Fsp3) is 0.167. The highest BCUT2D eigenvalue weighted by Gasteiger charge is 2.25. The second-order valence-electron chi connectivity index (χ2n) is 5.54. The molecule has 5 nitrogen and oxygen atoms in total. The van der Waals surface area contributed by atoms with E-state index in [-0.39, 0.29) is 22.0 Å². The van der Waals surface area contributed by atoms with Crippen LogP contribution >= 0.6 is 0 Å². The lowest BCUT2D eigenvalue weighted by atomic mass is 9.98. The van der Waals surface area contributed by atoms with Crippen LogP contribution in [0, 0.1) is 6.92 Å². The van der Waals surface area contributed by atoms with Gasteiger partial charge in [0.2, 0.25) is 10.0 Å². The summed E-state index contributed by atoms with van der Waals surface area (Å²) >= 11 is 0. The van der Waals surface area contributed by atoms with Crippen molar-refractivity contribution >= 4 is 15.8 Å². The minimum atomic E-state index is -3.86. The Hall–Kier alpha value is -2.44. The van der Waals surface area contributed by atoms with Crippen LogP contribution in [0.1, 0.15) is 24.1 Å². The molecule has 2 aromatic rings. The van der Waals surface area contributed by atoms with Crippen molar-refractivity contribution in [2.75, 3.05) is 0 Å². The van der Waals surface area contributed by atoms with Gasteiger partial charge in [-0.1, -0.05) is 36.4 Å². The number of sulfonamides is 1. The monoisotopic (exact) mass is 345 g/mol. The molecule has 0 spiro atoms. The van der Waals surface area contributed by atoms with Gasteiger partial charge < -0.3 is 5.11 Å². The number of rotatable bonds is 6. The van der Waals surface area contributed by atoms with Crippen LogP contribution in [0.15, 0.2) is 65.6 Å². The number of carbonyl (C=O) groups excluding carboxylic acids is 1. The van der Waals surface area contributed by atoms with Gasteiger partial charge in [-0.15, -0.1) is 0 Å². The summed E-state index contributed by atoms with van der Waals surface area (Å²) in [5, 5.41) is 9.64. The predicted molar refractivity (Wildman–Crippen MR) is 92.2 cm³/mol. The van der Waals surface area contributed by atoms with Gasteiger partial charge in [0.1, 0.15) is 5.75 Å². The molecular formula is C18H19NO4S. The first-order chi connectivity index (χ1) is 11.2. The van der Waals surface area contributed by atoms with E-state index in [0.29, 0.717) is 5.56 Å². The zero-order chi connectivity index (χ0) is 17.9. The fourth-order valence-electron chi connectivity index (χ4n) is 2.19. The van der Waals surface area contributed by atoms with Crippen LogP contribution < -0.4 is 4.72 Å². The van der Waals surface area contributed by atoms with E-state index in [1.54, 1.807) is 24.3 Å². The van der Waals surface area contributed by atoms with Gasteiger partial charge in [-0.25, -0.2) is 8.42 Å². The number of benzene rings is 2. The molecule has 1 atom stereocenters. The van der Waals surface area contributed by atoms with Gasteiger partial charge in [-0.05, 0) is 43.7 Å². The molecule has 0 aliphatic carbocycles. The number of phenols is 1. The molecule has 0 amide bonds. The van der Waals surface area contributed by atoms with Crippen molar-refractivity contribution in [1.82, 2.24) is 4.72 Å². The van der Waals surface area contributed by atoms with Gasteiger partial charge in [0.05, 0.1) is 10.9 Å². The first kappa shape index (κ1) is 17.9. The molecule has 0 aliphatic rings. The van der Waals surface area contributed by atoms with E-state index in [9.17, 15) is 18.3 Å². The molecule has 0 radical (unpaired) electrons. The zero-order valence-electron chi connectivity index (χ0n) is 13.5. The average molecular weight is 345 g/mol. The maximum Gasteiger partial charge on any atom is 0.241 e. The molecule has 0 heterocycles. The molecule has 0 saturated carbocycles. The summed E-state index contributed by atoms with van der Waals surface area (Å²) in [7, 11) is -3.86. The molecule has 0 fully saturated rings. The van der Waals surface area contributed by atoms with Crippen molar-refractivity contribution in [3.8, 4) is 5.75 Å². The van der Waals surface area contributed by atoms with Gasteiger partial charge in [-0.3, -0.25) is 4.79 Å². The second-order valence-corrected chi connectivity index (χ2v) is 7.26. The fourth-order valence-corrected chi connectivity index (χ4v) is 3.41. The number of hydrogen-bond acceptors (Lipinski definition) is 4. The molecular weight excluding hydrogens is 326 g/mol. The van der Waals surface area contributed by atoms with E-state index in [2.05, 4.69) is 11.3 Å². The van der Waals surface area contributed by atoms with E-state index >= 15 is 0 Å². The van der Waals surface area contributed by atoms with E-state index in [1.165, 1.54) is 31.2 Å². The third-order valence-electron chi connectivity index (χ3n) is 3.61. The Morgan fingerprint density at radius 3 is 2.33 bits per heavy atom. The van der Waals surface area contributed by atoms with Crippen LogP contribution in [0.2, 0.25) is 0 Å². The van der Waals surface area contributed by atoms with Crippen LogP contribution in [-0.4, -0.2) is 19.3 Å². The molecule has 0 aromatic heterocycles. The Morgan fingerprint density at radius 2 is 1.79 bits per heavy atom. The van der Waals surface area contributed by atoms with Crippen LogP contribution in [0.25, 0.3) is 0 Å². The summed E-state index contributed by atoms with van der Waals surface area (Å²) < 4.78 is 27.7. The molecule has 2 N–H and O–H groups in total. The highest BCUT2D eigenvalue weighted by molar-refractivity contribution is 7.89. The van der Waals surface area contributed by atoms with Crippen molar-refractivity contribution in [2.24, 2.45) is 0 Å². The zero-order valence-corrected chi connectivity index (χ0v) is 14.3. The van der Waals surface area contributed by atoms with Gasteiger partial charge in [0.15, 0.2) is 5.78 Å². The smallest absolute Gasteiger partial charge is 0.241 e. The van der Waals surface area contributed by atoms with Crippen molar-refractivity contribution in [1.29, 1.82) is 0 Å². The second kappa shape index (κ2) is 6.98. The molecule has 6 heteroatoms. The van der Waals surface area contributed by atoms with E-state index in [1.807, 2.05) is 6.92 Å². The number of aromatic hydroxyl groups is 1. The van der Waals surface area contributed by atoms with Gasteiger partial charge >= 0.3 is 0 Å². The molecule has 1 unspecified atom stereocenters. The summed E-state index contributed by atoms with van der Waals surface area (Å²) in [5.74, 6) is -0.363. The van der Waals surface area contributed by atoms with Crippen LogP contribution in [0.5, 0.6) is 5.75 Å². The molecule has 2 aromatic carbocycles. The number of phenolic OH excluding ortho intramolecular Hbond substituents is 1. The topological polar surface area (TPSA) is 83.5 Å². The van der Waals surface area contributed by atoms with Gasteiger partial charge in [-0.2, -0.15) is 4.72 Å². The van der Waals surface area contributed by atoms with Gasteiger partial charge in [0, 0.05) is 5.57 Å². The molecule has 0 bridgehead atoms. The minimum absolute atomic E-state index is 0.0246. The van der Waals surface area contributed by atoms with Crippen molar-refractivity contribution < 1.29 is 18.3 Å².